The Hall–Kier alpha value is -4.20. The maximum atomic E-state index is 14.0. The van der Waals surface area contributed by atoms with E-state index in [-0.39, 0.29) is 11.8 Å². The molecule has 0 spiro atoms. The summed E-state index contributed by atoms with van der Waals surface area (Å²) < 4.78 is 3.67. The maximum absolute atomic E-state index is 14.0. The van der Waals surface area contributed by atoms with Crippen molar-refractivity contribution in [3.05, 3.63) is 95.6 Å². The highest BCUT2D eigenvalue weighted by molar-refractivity contribution is 5.95. The van der Waals surface area contributed by atoms with Crippen molar-refractivity contribution in [1.29, 1.82) is 0 Å². The van der Waals surface area contributed by atoms with Crippen molar-refractivity contribution in [3.63, 3.8) is 0 Å². The van der Waals surface area contributed by atoms with E-state index in [9.17, 15) is 9.59 Å². The number of rotatable bonds is 4. The number of aromatic nitrogens is 4. The van der Waals surface area contributed by atoms with E-state index >= 15 is 0 Å². The van der Waals surface area contributed by atoms with Gasteiger partial charge in [-0.3, -0.25) is 14.3 Å². The van der Waals surface area contributed by atoms with Crippen molar-refractivity contribution in [2.24, 2.45) is 0 Å². The van der Waals surface area contributed by atoms with Crippen LogP contribution in [0.3, 0.4) is 0 Å². The molecule has 0 fully saturated rings. The number of hydrogen-bond acceptors (Lipinski definition) is 4. The summed E-state index contributed by atoms with van der Waals surface area (Å²) in [6.07, 6.45) is 12.5. The van der Waals surface area contributed by atoms with Crippen molar-refractivity contribution in [2.45, 2.75) is 59.0 Å². The fraction of sp³-hybridized carbons (Fsp3) is 0.355. The zero-order chi connectivity index (χ0) is 27.2. The quantitative estimate of drug-likeness (QED) is 0.359. The molecule has 2 aromatic carbocycles. The van der Waals surface area contributed by atoms with Crippen LogP contribution in [0.4, 0.5) is 5.69 Å². The van der Waals surface area contributed by atoms with Gasteiger partial charge in [0.2, 0.25) is 5.91 Å². The third kappa shape index (κ3) is 6.28. The molecule has 202 valence electrons. The van der Waals surface area contributed by atoms with E-state index in [2.05, 4.69) is 28.4 Å². The molecule has 1 aliphatic rings. The van der Waals surface area contributed by atoms with Gasteiger partial charge in [-0.05, 0) is 66.8 Å². The van der Waals surface area contributed by atoms with Crippen LogP contribution in [0.2, 0.25) is 0 Å². The van der Waals surface area contributed by atoms with Gasteiger partial charge in [0.15, 0.2) is 0 Å². The van der Waals surface area contributed by atoms with Gasteiger partial charge in [-0.25, -0.2) is 4.68 Å². The van der Waals surface area contributed by atoms with Crippen molar-refractivity contribution in [1.82, 2.24) is 24.5 Å². The topological polar surface area (TPSA) is 76.3 Å². The van der Waals surface area contributed by atoms with Crippen LogP contribution in [0.15, 0.2) is 73.3 Å². The number of amides is 2. The molecular weight excluding hydrogens is 488 g/mol. The molecule has 3 heterocycles. The molecular formula is C31H36N6O2. The van der Waals surface area contributed by atoms with E-state index in [0.717, 1.165) is 60.2 Å². The number of carbonyl (C=O) groups excluding carboxylic acids is 2. The molecule has 0 radical (unpaired) electrons. The van der Waals surface area contributed by atoms with Gasteiger partial charge in [-0.2, -0.15) is 10.2 Å². The summed E-state index contributed by atoms with van der Waals surface area (Å²) in [5, 5.41) is 8.71. The monoisotopic (exact) mass is 524 g/mol. The molecule has 0 atom stereocenters. The third-order valence-electron chi connectivity index (χ3n) is 7.39. The number of carbonyl (C=O) groups is 2. The molecule has 8 nitrogen and oxygen atoms in total. The van der Waals surface area contributed by atoms with Crippen LogP contribution in [0.1, 0.15) is 66.1 Å². The average molecular weight is 525 g/mol. The second kappa shape index (κ2) is 12.1. The summed E-state index contributed by atoms with van der Waals surface area (Å²) >= 11 is 0. The molecule has 0 saturated carbocycles. The molecule has 0 aliphatic carbocycles. The number of anilines is 1. The summed E-state index contributed by atoms with van der Waals surface area (Å²) in [6, 6.07) is 15.8. The molecule has 39 heavy (non-hydrogen) atoms. The smallest absolute Gasteiger partial charge is 0.254 e. The lowest BCUT2D eigenvalue weighted by molar-refractivity contribution is -0.116. The van der Waals surface area contributed by atoms with Gasteiger partial charge in [0.25, 0.3) is 5.91 Å². The second-order valence-electron chi connectivity index (χ2n) is 10.3. The number of hydrogen-bond donors (Lipinski definition) is 0. The van der Waals surface area contributed by atoms with Crippen LogP contribution < -0.4 is 4.90 Å². The van der Waals surface area contributed by atoms with E-state index in [1.807, 2.05) is 64.1 Å². The fourth-order valence-corrected chi connectivity index (χ4v) is 5.27. The Balaban J connectivity index is 1.50. The standard InChI is InChI=1S/C31H36N6O2/c1-24-10-12-27(21-29(24)37-19-9-15-33-37)31(39)34-16-6-4-3-5-7-18-36(25(2)38)30-20-26(11-13-28(30)23-34)22-35-17-8-14-32-35/h8-15,17,19-21H,3-7,16,18,22-23H2,1-2H3. The first kappa shape index (κ1) is 26.4. The van der Waals surface area contributed by atoms with E-state index in [1.165, 1.54) is 0 Å². The van der Waals surface area contributed by atoms with E-state index < -0.39 is 0 Å². The molecule has 1 aliphatic heterocycles. The minimum Gasteiger partial charge on any atom is -0.334 e. The molecule has 4 aromatic rings. The van der Waals surface area contributed by atoms with Gasteiger partial charge >= 0.3 is 0 Å². The molecule has 0 saturated heterocycles. The number of benzene rings is 2. The zero-order valence-corrected chi connectivity index (χ0v) is 22.8. The lowest BCUT2D eigenvalue weighted by atomic mass is 10.0. The highest BCUT2D eigenvalue weighted by atomic mass is 16.2. The lowest BCUT2D eigenvalue weighted by Gasteiger charge is -2.29. The Morgan fingerprint density at radius 2 is 1.62 bits per heavy atom. The van der Waals surface area contributed by atoms with Gasteiger partial charge < -0.3 is 9.80 Å². The Morgan fingerprint density at radius 3 is 2.36 bits per heavy atom. The highest BCUT2D eigenvalue weighted by Crippen LogP contribution is 2.28. The normalized spacial score (nSPS) is 14.8. The van der Waals surface area contributed by atoms with Gasteiger partial charge in [0.05, 0.1) is 12.2 Å². The van der Waals surface area contributed by atoms with Crippen molar-refractivity contribution < 1.29 is 9.59 Å². The molecule has 5 rings (SSSR count). The van der Waals surface area contributed by atoms with Crippen LogP contribution in [-0.4, -0.2) is 49.4 Å². The highest BCUT2D eigenvalue weighted by Gasteiger charge is 2.22. The third-order valence-corrected chi connectivity index (χ3v) is 7.39. The molecule has 0 bridgehead atoms. The Labute approximate surface area is 229 Å². The lowest BCUT2D eigenvalue weighted by Crippen LogP contribution is -2.35. The minimum absolute atomic E-state index is 0.0126. The summed E-state index contributed by atoms with van der Waals surface area (Å²) in [5.41, 5.74) is 5.51. The summed E-state index contributed by atoms with van der Waals surface area (Å²) in [7, 11) is 0. The van der Waals surface area contributed by atoms with Gasteiger partial charge in [-0.1, -0.05) is 37.5 Å². The molecule has 8 heteroatoms. The fourth-order valence-electron chi connectivity index (χ4n) is 5.27. The predicted octanol–water partition coefficient (Wildman–Crippen LogP) is 5.38. The Morgan fingerprint density at radius 1 is 0.846 bits per heavy atom. The van der Waals surface area contributed by atoms with Crippen LogP contribution in [0, 0.1) is 6.92 Å². The maximum Gasteiger partial charge on any atom is 0.254 e. The predicted molar refractivity (Wildman–Crippen MR) is 152 cm³/mol. The summed E-state index contributed by atoms with van der Waals surface area (Å²) in [5.74, 6) is 0.00577. The van der Waals surface area contributed by atoms with Crippen molar-refractivity contribution in [3.8, 4) is 5.69 Å². The van der Waals surface area contributed by atoms with Crippen molar-refractivity contribution in [2.75, 3.05) is 18.0 Å². The van der Waals surface area contributed by atoms with Crippen LogP contribution in [0.25, 0.3) is 5.69 Å². The first-order valence-electron chi connectivity index (χ1n) is 13.8. The molecule has 2 aromatic heterocycles. The zero-order valence-electron chi connectivity index (χ0n) is 22.8. The van der Waals surface area contributed by atoms with E-state index in [0.29, 0.717) is 31.7 Å². The SMILES string of the molecule is CC(=O)N1CCCCCCCN(C(=O)c2ccc(C)c(-n3cccn3)c2)Cc2ccc(Cn3cccn3)cc21. The second-order valence-corrected chi connectivity index (χ2v) is 10.3. The minimum atomic E-state index is -0.0126. The van der Waals surface area contributed by atoms with Crippen LogP contribution >= 0.6 is 0 Å². The van der Waals surface area contributed by atoms with Crippen LogP contribution in [-0.2, 0) is 17.9 Å². The Kier molecular flexibility index (Phi) is 8.20. The summed E-state index contributed by atoms with van der Waals surface area (Å²) in [6.45, 7) is 6.04. The molecule has 0 unspecified atom stereocenters. The molecule has 0 N–H and O–H groups in total. The van der Waals surface area contributed by atoms with Crippen molar-refractivity contribution >= 4 is 17.5 Å². The van der Waals surface area contributed by atoms with E-state index in [4.69, 9.17) is 0 Å². The van der Waals surface area contributed by atoms with Crippen LogP contribution in [0.5, 0.6) is 0 Å². The number of fused-ring (bicyclic) bond motifs is 1. The number of aryl methyl sites for hydroxylation is 1. The van der Waals surface area contributed by atoms with E-state index in [1.54, 1.807) is 24.0 Å². The van der Waals surface area contributed by atoms with Gasteiger partial charge in [-0.15, -0.1) is 0 Å². The Bertz CT molecular complexity index is 1410. The average Bonchev–Trinajstić information content (AvgIpc) is 3.64. The largest absolute Gasteiger partial charge is 0.334 e. The first-order valence-corrected chi connectivity index (χ1v) is 13.8. The van der Waals surface area contributed by atoms with Gasteiger partial charge in [0.1, 0.15) is 0 Å². The molecule has 2 amide bonds. The van der Waals surface area contributed by atoms with Gasteiger partial charge in [0, 0.05) is 62.6 Å². The number of nitrogens with zero attached hydrogens (tertiary/aromatic N) is 6. The first-order chi connectivity index (χ1) is 19.0. The summed E-state index contributed by atoms with van der Waals surface area (Å²) in [4.78, 5) is 30.6.